The average Bonchev–Trinajstić information content (AvgIpc) is 2.22. The van der Waals surface area contributed by atoms with E-state index >= 15 is 0 Å². The molecule has 0 atom stereocenters. The fourth-order valence-corrected chi connectivity index (χ4v) is 1.69. The van der Waals surface area contributed by atoms with Crippen LogP contribution in [0.4, 0.5) is 0 Å². The normalized spacial score (nSPS) is 10.6. The maximum absolute atomic E-state index is 5.18. The molecule has 0 unspecified atom stereocenters. The quantitative estimate of drug-likeness (QED) is 0.546. The van der Waals surface area contributed by atoms with Gasteiger partial charge in [-0.25, -0.2) is 0 Å². The monoisotopic (exact) mass is 205 g/mol. The summed E-state index contributed by atoms with van der Waals surface area (Å²) in [4.78, 5) is 0. The third kappa shape index (κ3) is 2.12. The molecule has 0 fully saturated rings. The van der Waals surface area contributed by atoms with E-state index in [2.05, 4.69) is 16.8 Å². The fourth-order valence-electron chi connectivity index (χ4n) is 1.31. The lowest BCUT2D eigenvalue weighted by Crippen LogP contribution is -2.19. The molecule has 0 saturated heterocycles. The van der Waals surface area contributed by atoms with Gasteiger partial charge in [-0.15, -0.1) is 0 Å². The summed E-state index contributed by atoms with van der Waals surface area (Å²) in [7, 11) is 6.77. The van der Waals surface area contributed by atoms with Crippen LogP contribution in [0.2, 0.25) is 0 Å². The van der Waals surface area contributed by atoms with E-state index in [4.69, 9.17) is 9.47 Å². The molecule has 73 valence electrons. The smallest absolute Gasteiger partial charge is 0.183 e. The fraction of sp³-hybridized carbons (Fsp3) is 0.273. The zero-order valence-electron chi connectivity index (χ0n) is 8.41. The molecule has 1 aromatic rings. The van der Waals surface area contributed by atoms with E-state index in [1.165, 1.54) is 0 Å². The molecule has 0 saturated carbocycles. The Morgan fingerprint density at radius 3 is 2.50 bits per heavy atom. The first kappa shape index (κ1) is 11.2. The van der Waals surface area contributed by atoms with Crippen molar-refractivity contribution >= 4 is 21.5 Å². The molecule has 0 aromatic heterocycles. The lowest BCUT2D eigenvalue weighted by molar-refractivity contribution is -0.105. The van der Waals surface area contributed by atoms with Gasteiger partial charge in [-0.1, -0.05) is 36.0 Å². The van der Waals surface area contributed by atoms with E-state index in [9.17, 15) is 0 Å². The van der Waals surface area contributed by atoms with Crippen molar-refractivity contribution in [1.82, 2.24) is 0 Å². The maximum Gasteiger partial charge on any atom is 0.183 e. The average molecular weight is 205 g/mol. The Labute approximate surface area is 88.0 Å². The van der Waals surface area contributed by atoms with Crippen molar-refractivity contribution in [2.45, 2.75) is 6.29 Å². The Bertz CT molecular complexity index is 319. The van der Waals surface area contributed by atoms with Gasteiger partial charge in [-0.2, -0.15) is 0 Å². The largest absolute Gasteiger partial charge is 0.352 e. The third-order valence-electron chi connectivity index (χ3n) is 2.03. The molecular formula is C11H13O2Si. The summed E-state index contributed by atoms with van der Waals surface area (Å²) >= 11 is 0. The van der Waals surface area contributed by atoms with Crippen molar-refractivity contribution in [2.24, 2.45) is 0 Å². The van der Waals surface area contributed by atoms with Crippen molar-refractivity contribution in [3.05, 3.63) is 35.9 Å². The summed E-state index contributed by atoms with van der Waals surface area (Å²) in [6, 6.07) is 5.87. The van der Waals surface area contributed by atoms with Crippen molar-refractivity contribution in [3.63, 3.8) is 0 Å². The van der Waals surface area contributed by atoms with Crippen molar-refractivity contribution in [2.75, 3.05) is 14.2 Å². The number of rotatable bonds is 4. The molecular weight excluding hydrogens is 192 g/mol. The lowest BCUT2D eigenvalue weighted by Gasteiger charge is -2.17. The summed E-state index contributed by atoms with van der Waals surface area (Å²) in [5.41, 5.74) is 1.99. The van der Waals surface area contributed by atoms with Crippen LogP contribution in [0.15, 0.2) is 24.8 Å². The second kappa shape index (κ2) is 5.10. The molecule has 0 N–H and O–H groups in total. The summed E-state index contributed by atoms with van der Waals surface area (Å²) in [6.07, 6.45) is 1.44. The molecule has 0 aliphatic rings. The van der Waals surface area contributed by atoms with E-state index in [0.717, 1.165) is 16.3 Å². The van der Waals surface area contributed by atoms with E-state index < -0.39 is 0 Å². The SMILES string of the molecule is C=Cc1cccc(C(OC)OC)c1[Si]. The molecule has 0 aliphatic carbocycles. The summed E-state index contributed by atoms with van der Waals surface area (Å²) in [5, 5.41) is 0.955. The molecule has 0 aliphatic heterocycles. The van der Waals surface area contributed by atoms with Gasteiger partial charge in [-0.05, 0) is 5.56 Å². The lowest BCUT2D eigenvalue weighted by atomic mass is 10.1. The van der Waals surface area contributed by atoms with Gasteiger partial charge in [0.05, 0.1) is 10.2 Å². The highest BCUT2D eigenvalue weighted by Gasteiger charge is 2.12. The highest BCUT2D eigenvalue weighted by atomic mass is 28.1. The maximum atomic E-state index is 5.18. The molecule has 0 bridgehead atoms. The number of ether oxygens (including phenoxy) is 2. The van der Waals surface area contributed by atoms with Crippen LogP contribution in [0.5, 0.6) is 0 Å². The Balaban J connectivity index is 3.13. The van der Waals surface area contributed by atoms with E-state index in [1.807, 2.05) is 18.2 Å². The molecule has 0 heterocycles. The topological polar surface area (TPSA) is 18.5 Å². The number of hydrogen-bond donors (Lipinski definition) is 0. The van der Waals surface area contributed by atoms with Gasteiger partial charge in [0.15, 0.2) is 6.29 Å². The predicted octanol–water partition coefficient (Wildman–Crippen LogP) is 1.41. The predicted molar refractivity (Wildman–Crippen MR) is 58.7 cm³/mol. The van der Waals surface area contributed by atoms with Crippen LogP contribution < -0.4 is 5.19 Å². The van der Waals surface area contributed by atoms with E-state index in [-0.39, 0.29) is 6.29 Å². The Kier molecular flexibility index (Phi) is 4.07. The van der Waals surface area contributed by atoms with Gasteiger partial charge in [-0.3, -0.25) is 0 Å². The van der Waals surface area contributed by atoms with Crippen LogP contribution in [0.25, 0.3) is 6.08 Å². The Morgan fingerprint density at radius 1 is 1.36 bits per heavy atom. The molecule has 1 rings (SSSR count). The molecule has 2 nitrogen and oxygen atoms in total. The molecule has 0 amide bonds. The van der Waals surface area contributed by atoms with Crippen molar-refractivity contribution in [3.8, 4) is 0 Å². The van der Waals surface area contributed by atoms with Gasteiger partial charge < -0.3 is 9.47 Å². The molecule has 0 spiro atoms. The second-order valence-corrected chi connectivity index (χ2v) is 3.32. The van der Waals surface area contributed by atoms with Crippen molar-refractivity contribution in [1.29, 1.82) is 0 Å². The van der Waals surface area contributed by atoms with Gasteiger partial charge >= 0.3 is 0 Å². The standard InChI is InChI=1S/C11H13O2Si/c1-4-8-6-5-7-9(10(8)14)11(12-2)13-3/h4-7,11H,1H2,2-3H3. The number of methoxy groups -OCH3 is 2. The van der Waals surface area contributed by atoms with Gasteiger partial charge in [0, 0.05) is 19.8 Å². The number of hydrogen-bond acceptors (Lipinski definition) is 2. The number of benzene rings is 1. The molecule has 14 heavy (non-hydrogen) atoms. The Morgan fingerprint density at radius 2 is 2.00 bits per heavy atom. The first-order valence-electron chi connectivity index (χ1n) is 4.27. The summed E-state index contributed by atoms with van der Waals surface area (Å²) in [5.74, 6) is 0. The minimum Gasteiger partial charge on any atom is -0.352 e. The van der Waals surface area contributed by atoms with Crippen LogP contribution in [0.1, 0.15) is 17.4 Å². The molecule has 1 aromatic carbocycles. The first-order valence-corrected chi connectivity index (χ1v) is 4.77. The highest BCUT2D eigenvalue weighted by Crippen LogP contribution is 2.16. The second-order valence-electron chi connectivity index (χ2n) is 2.82. The molecule has 3 radical (unpaired) electrons. The Hall–Kier alpha value is -0.903. The van der Waals surface area contributed by atoms with Crippen LogP contribution >= 0.6 is 0 Å². The van der Waals surface area contributed by atoms with Gasteiger partial charge in [0.25, 0.3) is 0 Å². The third-order valence-corrected chi connectivity index (χ3v) is 2.61. The van der Waals surface area contributed by atoms with Gasteiger partial charge in [0.1, 0.15) is 0 Å². The highest BCUT2D eigenvalue weighted by molar-refractivity contribution is 6.35. The summed E-state index contributed by atoms with van der Waals surface area (Å²) < 4.78 is 10.4. The first-order chi connectivity index (χ1) is 6.74. The zero-order chi connectivity index (χ0) is 10.6. The minimum atomic E-state index is -0.345. The van der Waals surface area contributed by atoms with Gasteiger partial charge in [0.2, 0.25) is 0 Å². The van der Waals surface area contributed by atoms with Crippen LogP contribution in [-0.4, -0.2) is 24.5 Å². The van der Waals surface area contributed by atoms with Crippen LogP contribution in [0, 0.1) is 0 Å². The van der Waals surface area contributed by atoms with Crippen LogP contribution in [-0.2, 0) is 9.47 Å². The zero-order valence-corrected chi connectivity index (χ0v) is 9.41. The van der Waals surface area contributed by atoms with Crippen molar-refractivity contribution < 1.29 is 9.47 Å². The molecule has 3 heteroatoms. The summed E-state index contributed by atoms with van der Waals surface area (Å²) in [6.45, 7) is 3.73. The van der Waals surface area contributed by atoms with E-state index in [1.54, 1.807) is 20.3 Å². The minimum absolute atomic E-state index is 0.345. The van der Waals surface area contributed by atoms with E-state index in [0.29, 0.717) is 0 Å². The van der Waals surface area contributed by atoms with Crippen LogP contribution in [0.3, 0.4) is 0 Å².